The first-order valence-electron chi connectivity index (χ1n) is 6.80. The van der Waals surface area contributed by atoms with Crippen LogP contribution in [0.25, 0.3) is 0 Å². The molecule has 0 saturated carbocycles. The third-order valence-electron chi connectivity index (χ3n) is 3.31. The molecule has 0 aliphatic heterocycles. The molecule has 4 nitrogen and oxygen atoms in total. The summed E-state index contributed by atoms with van der Waals surface area (Å²) in [5.74, 6) is 0. The maximum atomic E-state index is 9.81. The van der Waals surface area contributed by atoms with Gasteiger partial charge in [-0.05, 0) is 32.4 Å². The molecule has 0 aliphatic carbocycles. The van der Waals surface area contributed by atoms with E-state index in [0.29, 0.717) is 6.54 Å². The molecule has 0 amide bonds. The molecule has 4 heteroatoms. The van der Waals surface area contributed by atoms with Crippen molar-refractivity contribution in [2.75, 3.05) is 0 Å². The maximum Gasteiger partial charge on any atom is 0.152 e. The number of benzene rings is 1. The van der Waals surface area contributed by atoms with E-state index in [1.54, 1.807) is 6.20 Å². The Hall–Kier alpha value is -2.12. The molecule has 0 saturated heterocycles. The number of rotatable bonds is 5. The normalized spacial score (nSPS) is 13.9. The Labute approximate surface area is 120 Å². The van der Waals surface area contributed by atoms with Crippen LogP contribution in [0.1, 0.15) is 25.1 Å². The smallest absolute Gasteiger partial charge is 0.152 e. The van der Waals surface area contributed by atoms with Gasteiger partial charge in [0.05, 0.1) is 12.6 Å². The van der Waals surface area contributed by atoms with Crippen LogP contribution >= 0.6 is 0 Å². The van der Waals surface area contributed by atoms with Crippen molar-refractivity contribution in [2.24, 2.45) is 0 Å². The highest BCUT2D eigenvalue weighted by molar-refractivity contribution is 5.31. The van der Waals surface area contributed by atoms with Crippen LogP contribution in [0, 0.1) is 18.3 Å². The van der Waals surface area contributed by atoms with Crippen molar-refractivity contribution >= 4 is 0 Å². The highest BCUT2D eigenvalue weighted by Gasteiger charge is 2.34. The second-order valence-electron chi connectivity index (χ2n) is 5.31. The standard InChI is InChI=1S/C16H20N4/c1-13(2)19-16(11-17,15-7-5-4-6-8-15)12-20-14(3)9-10-18-20/h4-10,13,19H,12H2,1-3H3. The molecule has 1 atom stereocenters. The van der Waals surface area contributed by atoms with Crippen molar-refractivity contribution in [3.63, 3.8) is 0 Å². The number of nitrogens with zero attached hydrogens (tertiary/aromatic N) is 3. The molecular weight excluding hydrogens is 248 g/mol. The van der Waals surface area contributed by atoms with E-state index >= 15 is 0 Å². The molecule has 1 unspecified atom stereocenters. The van der Waals surface area contributed by atoms with Crippen molar-refractivity contribution < 1.29 is 0 Å². The lowest BCUT2D eigenvalue weighted by atomic mass is 9.90. The third-order valence-corrected chi connectivity index (χ3v) is 3.31. The van der Waals surface area contributed by atoms with Gasteiger partial charge in [-0.2, -0.15) is 10.4 Å². The van der Waals surface area contributed by atoms with E-state index in [4.69, 9.17) is 0 Å². The molecule has 0 spiro atoms. The summed E-state index contributed by atoms with van der Waals surface area (Å²) in [4.78, 5) is 0. The zero-order chi connectivity index (χ0) is 14.6. The Morgan fingerprint density at radius 3 is 2.50 bits per heavy atom. The number of aromatic nitrogens is 2. The summed E-state index contributed by atoms with van der Waals surface area (Å²) in [7, 11) is 0. The van der Waals surface area contributed by atoms with Crippen molar-refractivity contribution in [3.8, 4) is 6.07 Å². The second-order valence-corrected chi connectivity index (χ2v) is 5.31. The van der Waals surface area contributed by atoms with Crippen molar-refractivity contribution in [3.05, 3.63) is 53.9 Å². The van der Waals surface area contributed by atoms with E-state index in [0.717, 1.165) is 11.3 Å². The molecule has 0 aliphatic rings. The van der Waals surface area contributed by atoms with Crippen LogP contribution in [0.2, 0.25) is 0 Å². The first kappa shape index (κ1) is 14.3. The average molecular weight is 268 g/mol. The topological polar surface area (TPSA) is 53.6 Å². The van der Waals surface area contributed by atoms with E-state index < -0.39 is 5.54 Å². The summed E-state index contributed by atoms with van der Waals surface area (Å²) < 4.78 is 1.87. The number of nitriles is 1. The van der Waals surface area contributed by atoms with Gasteiger partial charge in [0.15, 0.2) is 5.54 Å². The maximum absolute atomic E-state index is 9.81. The molecule has 1 aromatic heterocycles. The molecule has 104 valence electrons. The first-order valence-corrected chi connectivity index (χ1v) is 6.80. The van der Waals surface area contributed by atoms with Gasteiger partial charge in [-0.25, -0.2) is 0 Å². The molecular formula is C16H20N4. The van der Waals surface area contributed by atoms with Gasteiger partial charge in [0.1, 0.15) is 0 Å². The monoisotopic (exact) mass is 268 g/mol. The van der Waals surface area contributed by atoms with E-state index in [1.165, 1.54) is 0 Å². The molecule has 0 bridgehead atoms. The lowest BCUT2D eigenvalue weighted by molar-refractivity contribution is 0.322. The highest BCUT2D eigenvalue weighted by atomic mass is 15.3. The summed E-state index contributed by atoms with van der Waals surface area (Å²) >= 11 is 0. The Bertz CT molecular complexity index is 594. The van der Waals surface area contributed by atoms with E-state index in [1.807, 2.05) is 61.9 Å². The van der Waals surface area contributed by atoms with Crippen LogP contribution in [0.3, 0.4) is 0 Å². The molecule has 2 rings (SSSR count). The fourth-order valence-corrected chi connectivity index (χ4v) is 2.36. The molecule has 20 heavy (non-hydrogen) atoms. The van der Waals surface area contributed by atoms with Crippen molar-refractivity contribution in [1.82, 2.24) is 15.1 Å². The summed E-state index contributed by atoms with van der Waals surface area (Å²) in [6.07, 6.45) is 1.76. The minimum atomic E-state index is -0.772. The fraction of sp³-hybridized carbons (Fsp3) is 0.375. The third kappa shape index (κ3) is 2.89. The van der Waals surface area contributed by atoms with Crippen molar-refractivity contribution in [1.29, 1.82) is 5.26 Å². The van der Waals surface area contributed by atoms with E-state index in [9.17, 15) is 5.26 Å². The number of nitrogens with one attached hydrogen (secondary N) is 1. The Balaban J connectivity index is 2.43. The van der Waals surface area contributed by atoms with Crippen LogP contribution in [-0.2, 0) is 12.1 Å². The summed E-state index contributed by atoms with van der Waals surface area (Å²) in [6.45, 7) is 6.58. The molecule has 1 heterocycles. The average Bonchev–Trinajstić information content (AvgIpc) is 2.84. The Morgan fingerprint density at radius 1 is 1.30 bits per heavy atom. The van der Waals surface area contributed by atoms with Gasteiger partial charge in [-0.15, -0.1) is 0 Å². The van der Waals surface area contributed by atoms with Crippen LogP contribution < -0.4 is 5.32 Å². The first-order chi connectivity index (χ1) is 9.57. The summed E-state index contributed by atoms with van der Waals surface area (Å²) in [5, 5.41) is 17.5. The predicted molar refractivity (Wildman–Crippen MR) is 79.0 cm³/mol. The van der Waals surface area contributed by atoms with E-state index in [2.05, 4.69) is 16.5 Å². The fourth-order valence-electron chi connectivity index (χ4n) is 2.36. The van der Waals surface area contributed by atoms with Gasteiger partial charge in [0, 0.05) is 17.9 Å². The van der Waals surface area contributed by atoms with Gasteiger partial charge < -0.3 is 0 Å². The largest absolute Gasteiger partial charge is 0.292 e. The zero-order valence-electron chi connectivity index (χ0n) is 12.2. The molecule has 2 aromatic rings. The molecule has 0 radical (unpaired) electrons. The molecule has 0 fully saturated rings. The lowest BCUT2D eigenvalue weighted by Gasteiger charge is -2.31. The van der Waals surface area contributed by atoms with Gasteiger partial charge >= 0.3 is 0 Å². The minimum Gasteiger partial charge on any atom is -0.292 e. The van der Waals surface area contributed by atoms with Gasteiger partial charge in [0.25, 0.3) is 0 Å². The number of hydrogen-bond acceptors (Lipinski definition) is 3. The van der Waals surface area contributed by atoms with Gasteiger partial charge in [-0.3, -0.25) is 10.00 Å². The summed E-state index contributed by atoms with van der Waals surface area (Å²) in [5.41, 5.74) is 1.24. The van der Waals surface area contributed by atoms with E-state index in [-0.39, 0.29) is 6.04 Å². The lowest BCUT2D eigenvalue weighted by Crippen LogP contribution is -2.48. The quantitative estimate of drug-likeness (QED) is 0.907. The van der Waals surface area contributed by atoms with Crippen LogP contribution in [0.4, 0.5) is 0 Å². The Kier molecular flexibility index (Phi) is 4.21. The number of aryl methyl sites for hydroxylation is 1. The van der Waals surface area contributed by atoms with Gasteiger partial charge in [-0.1, -0.05) is 30.3 Å². The van der Waals surface area contributed by atoms with Gasteiger partial charge in [0.2, 0.25) is 0 Å². The second kappa shape index (κ2) is 5.89. The SMILES string of the molecule is Cc1ccnn1CC(C#N)(NC(C)C)c1ccccc1. The minimum absolute atomic E-state index is 0.200. The highest BCUT2D eigenvalue weighted by Crippen LogP contribution is 2.24. The molecule has 1 aromatic carbocycles. The van der Waals surface area contributed by atoms with Crippen LogP contribution in [-0.4, -0.2) is 15.8 Å². The number of hydrogen-bond donors (Lipinski definition) is 1. The zero-order valence-corrected chi connectivity index (χ0v) is 12.2. The van der Waals surface area contributed by atoms with Crippen LogP contribution in [0.5, 0.6) is 0 Å². The van der Waals surface area contributed by atoms with Crippen LogP contribution in [0.15, 0.2) is 42.6 Å². The molecule has 1 N–H and O–H groups in total. The summed E-state index contributed by atoms with van der Waals surface area (Å²) in [6, 6.07) is 14.4. The predicted octanol–water partition coefficient (Wildman–Crippen LogP) is 2.61. The van der Waals surface area contributed by atoms with Crippen molar-refractivity contribution in [2.45, 2.75) is 38.9 Å². The Morgan fingerprint density at radius 2 is 2.00 bits per heavy atom.